The van der Waals surface area contributed by atoms with Crippen LogP contribution in [0.4, 0.5) is 5.82 Å². The highest BCUT2D eigenvalue weighted by atomic mass is 16.5. The van der Waals surface area contributed by atoms with Crippen LogP contribution in [0.3, 0.4) is 0 Å². The zero-order valence-electron chi connectivity index (χ0n) is 21.7. The van der Waals surface area contributed by atoms with Crippen molar-refractivity contribution in [2.45, 2.75) is 26.8 Å². The number of rotatable bonds is 6. The topological polar surface area (TPSA) is 76.6 Å². The summed E-state index contributed by atoms with van der Waals surface area (Å²) in [6, 6.07) is 20.2. The van der Waals surface area contributed by atoms with E-state index < -0.39 is 0 Å². The Labute approximate surface area is 217 Å². The SMILES string of the molecule is COc1cc2nc(C)nc(N[C@H](C)c3cccc(C)c3)c2cc1-c1ccc(C(=O)N2CCOCC2)cc1. The maximum absolute atomic E-state index is 12.9. The van der Waals surface area contributed by atoms with Crippen LogP contribution < -0.4 is 10.1 Å². The summed E-state index contributed by atoms with van der Waals surface area (Å²) in [6.07, 6.45) is 0. The van der Waals surface area contributed by atoms with Gasteiger partial charge in [0, 0.05) is 41.7 Å². The van der Waals surface area contributed by atoms with Gasteiger partial charge in [-0.2, -0.15) is 0 Å². The molecule has 7 nitrogen and oxygen atoms in total. The summed E-state index contributed by atoms with van der Waals surface area (Å²) >= 11 is 0. The zero-order chi connectivity index (χ0) is 25.9. The number of morpholine rings is 1. The van der Waals surface area contributed by atoms with Crippen molar-refractivity contribution in [3.05, 3.63) is 83.2 Å². The Kier molecular flexibility index (Phi) is 7.06. The fourth-order valence-electron chi connectivity index (χ4n) is 4.75. The number of amides is 1. The van der Waals surface area contributed by atoms with Gasteiger partial charge in [-0.25, -0.2) is 9.97 Å². The lowest BCUT2D eigenvalue weighted by Crippen LogP contribution is -2.40. The average Bonchev–Trinajstić information content (AvgIpc) is 2.92. The molecule has 7 heteroatoms. The molecule has 0 bridgehead atoms. The first-order chi connectivity index (χ1) is 17.9. The lowest BCUT2D eigenvalue weighted by atomic mass is 10.00. The standard InChI is InChI=1S/C30H32N4O3/c1-19-6-5-7-24(16-19)20(2)31-29-26-17-25(28(36-4)18-27(26)32-21(3)33-29)22-8-10-23(11-9-22)30(35)34-12-14-37-15-13-34/h5-11,16-18,20H,12-15H2,1-4H3,(H,31,32,33)/t20-/m1/s1. The second kappa shape index (κ2) is 10.6. The molecule has 1 saturated heterocycles. The number of fused-ring (bicyclic) bond motifs is 1. The van der Waals surface area contributed by atoms with Crippen molar-refractivity contribution in [1.82, 2.24) is 14.9 Å². The minimum Gasteiger partial charge on any atom is -0.496 e. The molecule has 4 aromatic rings. The molecule has 1 N–H and O–H groups in total. The minimum absolute atomic E-state index is 0.0285. The third-order valence-corrected chi connectivity index (χ3v) is 6.77. The van der Waals surface area contributed by atoms with E-state index in [1.807, 2.05) is 42.2 Å². The highest BCUT2D eigenvalue weighted by Crippen LogP contribution is 2.36. The van der Waals surface area contributed by atoms with Gasteiger partial charge in [-0.15, -0.1) is 0 Å². The number of nitrogens with zero attached hydrogens (tertiary/aromatic N) is 3. The smallest absolute Gasteiger partial charge is 0.254 e. The summed E-state index contributed by atoms with van der Waals surface area (Å²) in [5.74, 6) is 2.21. The molecular formula is C30H32N4O3. The van der Waals surface area contributed by atoms with E-state index >= 15 is 0 Å². The molecular weight excluding hydrogens is 464 g/mol. The van der Waals surface area contributed by atoms with Crippen LogP contribution in [0.15, 0.2) is 60.7 Å². The molecule has 1 aliphatic rings. The van der Waals surface area contributed by atoms with Crippen molar-refractivity contribution in [2.24, 2.45) is 0 Å². The number of carbonyl (C=O) groups is 1. The molecule has 37 heavy (non-hydrogen) atoms. The highest BCUT2D eigenvalue weighted by molar-refractivity contribution is 5.97. The maximum Gasteiger partial charge on any atom is 0.254 e. The number of hydrogen-bond acceptors (Lipinski definition) is 6. The molecule has 0 radical (unpaired) electrons. The molecule has 0 spiro atoms. The van der Waals surface area contributed by atoms with E-state index in [0.717, 1.165) is 33.6 Å². The average molecular weight is 497 g/mol. The van der Waals surface area contributed by atoms with E-state index in [1.54, 1.807) is 7.11 Å². The maximum atomic E-state index is 12.9. The molecule has 1 aliphatic heterocycles. The third-order valence-electron chi connectivity index (χ3n) is 6.77. The Balaban J connectivity index is 1.50. The van der Waals surface area contributed by atoms with Gasteiger partial charge in [-0.05, 0) is 50.1 Å². The van der Waals surface area contributed by atoms with Gasteiger partial charge in [0.25, 0.3) is 5.91 Å². The number of nitrogens with one attached hydrogen (secondary N) is 1. The summed E-state index contributed by atoms with van der Waals surface area (Å²) in [5.41, 5.74) is 5.76. The predicted molar refractivity (Wildman–Crippen MR) is 146 cm³/mol. The monoisotopic (exact) mass is 496 g/mol. The van der Waals surface area contributed by atoms with Crippen LogP contribution in [0.2, 0.25) is 0 Å². The van der Waals surface area contributed by atoms with Crippen LogP contribution in [0.25, 0.3) is 22.0 Å². The fraction of sp³-hybridized carbons (Fsp3) is 0.300. The number of anilines is 1. The van der Waals surface area contributed by atoms with Gasteiger partial charge in [-0.1, -0.05) is 42.0 Å². The van der Waals surface area contributed by atoms with Gasteiger partial charge in [0.2, 0.25) is 0 Å². The van der Waals surface area contributed by atoms with Crippen LogP contribution in [-0.2, 0) is 4.74 Å². The molecule has 5 rings (SSSR count). The Hall–Kier alpha value is -3.97. The number of methoxy groups -OCH3 is 1. The molecule has 2 heterocycles. The number of aromatic nitrogens is 2. The molecule has 190 valence electrons. The van der Waals surface area contributed by atoms with Crippen LogP contribution in [-0.4, -0.2) is 54.2 Å². The summed E-state index contributed by atoms with van der Waals surface area (Å²) < 4.78 is 11.1. The van der Waals surface area contributed by atoms with Gasteiger partial charge < -0.3 is 19.7 Å². The Morgan fingerprint density at radius 2 is 1.78 bits per heavy atom. The molecule has 1 amide bonds. The van der Waals surface area contributed by atoms with E-state index in [9.17, 15) is 4.79 Å². The summed E-state index contributed by atoms with van der Waals surface area (Å²) in [7, 11) is 1.66. The predicted octanol–water partition coefficient (Wildman–Crippen LogP) is 5.57. The van der Waals surface area contributed by atoms with E-state index in [1.165, 1.54) is 11.1 Å². The normalized spacial score (nSPS) is 14.4. The Morgan fingerprint density at radius 1 is 1.03 bits per heavy atom. The number of benzene rings is 3. The van der Waals surface area contributed by atoms with Gasteiger partial charge in [0.05, 0.1) is 25.8 Å². The number of carbonyl (C=O) groups excluding carboxylic acids is 1. The third kappa shape index (κ3) is 5.27. The largest absolute Gasteiger partial charge is 0.496 e. The van der Waals surface area contributed by atoms with Crippen molar-refractivity contribution in [1.29, 1.82) is 0 Å². The van der Waals surface area contributed by atoms with E-state index in [4.69, 9.17) is 14.5 Å². The summed E-state index contributed by atoms with van der Waals surface area (Å²) in [5, 5.41) is 4.50. The first kappa shape index (κ1) is 24.7. The number of aryl methyl sites for hydroxylation is 2. The number of ether oxygens (including phenoxy) is 2. The highest BCUT2D eigenvalue weighted by Gasteiger charge is 2.19. The van der Waals surface area contributed by atoms with Gasteiger partial charge in [0.1, 0.15) is 17.4 Å². The molecule has 1 atom stereocenters. The van der Waals surface area contributed by atoms with E-state index in [-0.39, 0.29) is 11.9 Å². The lowest BCUT2D eigenvalue weighted by molar-refractivity contribution is 0.0303. The van der Waals surface area contributed by atoms with E-state index in [0.29, 0.717) is 37.7 Å². The molecule has 0 unspecified atom stereocenters. The van der Waals surface area contributed by atoms with Crippen molar-refractivity contribution in [2.75, 3.05) is 38.7 Å². The molecule has 0 saturated carbocycles. The molecule has 1 fully saturated rings. The lowest BCUT2D eigenvalue weighted by Gasteiger charge is -2.26. The van der Waals surface area contributed by atoms with Crippen molar-refractivity contribution in [3.63, 3.8) is 0 Å². The summed E-state index contributed by atoms with van der Waals surface area (Å²) in [6.45, 7) is 8.53. The van der Waals surface area contributed by atoms with Crippen molar-refractivity contribution >= 4 is 22.6 Å². The van der Waals surface area contributed by atoms with E-state index in [2.05, 4.69) is 54.5 Å². The van der Waals surface area contributed by atoms with Crippen LogP contribution in [0.5, 0.6) is 5.75 Å². The Bertz CT molecular complexity index is 1430. The van der Waals surface area contributed by atoms with Gasteiger partial charge in [0.15, 0.2) is 0 Å². The van der Waals surface area contributed by atoms with Crippen LogP contribution in [0.1, 0.15) is 40.3 Å². The second-order valence-corrected chi connectivity index (χ2v) is 9.45. The first-order valence-electron chi connectivity index (χ1n) is 12.6. The van der Waals surface area contributed by atoms with Crippen LogP contribution in [0, 0.1) is 13.8 Å². The Morgan fingerprint density at radius 3 is 2.49 bits per heavy atom. The quantitative estimate of drug-likeness (QED) is 0.376. The van der Waals surface area contributed by atoms with Crippen molar-refractivity contribution in [3.8, 4) is 16.9 Å². The first-order valence-corrected chi connectivity index (χ1v) is 12.6. The van der Waals surface area contributed by atoms with Gasteiger partial charge in [-0.3, -0.25) is 4.79 Å². The minimum atomic E-state index is 0.0285. The zero-order valence-corrected chi connectivity index (χ0v) is 21.7. The van der Waals surface area contributed by atoms with Crippen molar-refractivity contribution < 1.29 is 14.3 Å². The molecule has 1 aromatic heterocycles. The summed E-state index contributed by atoms with van der Waals surface area (Å²) in [4.78, 5) is 24.1. The number of hydrogen-bond donors (Lipinski definition) is 1. The fourth-order valence-corrected chi connectivity index (χ4v) is 4.75. The molecule has 0 aliphatic carbocycles. The van der Waals surface area contributed by atoms with Gasteiger partial charge >= 0.3 is 0 Å². The molecule has 3 aromatic carbocycles. The van der Waals surface area contributed by atoms with Crippen LogP contribution >= 0.6 is 0 Å². The second-order valence-electron chi connectivity index (χ2n) is 9.45.